The highest BCUT2D eigenvalue weighted by Gasteiger charge is 2.11. The molecule has 1 saturated heterocycles. The van der Waals surface area contributed by atoms with Gasteiger partial charge in [0.15, 0.2) is 5.96 Å². The van der Waals surface area contributed by atoms with Crippen LogP contribution in [0.15, 0.2) is 53.5 Å². The lowest BCUT2D eigenvalue weighted by Gasteiger charge is -2.28. The van der Waals surface area contributed by atoms with Gasteiger partial charge in [-0.05, 0) is 50.1 Å². The van der Waals surface area contributed by atoms with Crippen molar-refractivity contribution in [2.24, 2.45) is 4.99 Å². The van der Waals surface area contributed by atoms with Gasteiger partial charge in [0.2, 0.25) is 0 Å². The minimum atomic E-state index is 0. The normalized spacial score (nSPS) is 15.1. The molecule has 0 saturated carbocycles. The van der Waals surface area contributed by atoms with Gasteiger partial charge in [-0.2, -0.15) is 0 Å². The Morgan fingerprint density at radius 3 is 2.48 bits per heavy atom. The summed E-state index contributed by atoms with van der Waals surface area (Å²) in [5, 5.41) is 6.69. The Labute approximate surface area is 203 Å². The first-order chi connectivity index (χ1) is 14.7. The number of guanidine groups is 1. The number of para-hydroxylation sites is 1. The number of morpholine rings is 1. The van der Waals surface area contributed by atoms with Gasteiger partial charge in [-0.1, -0.05) is 30.3 Å². The second-order valence-electron chi connectivity index (χ2n) is 7.54. The van der Waals surface area contributed by atoms with Crippen LogP contribution in [-0.2, 0) is 11.3 Å². The van der Waals surface area contributed by atoms with Crippen LogP contribution in [0.4, 0.5) is 5.69 Å². The van der Waals surface area contributed by atoms with E-state index in [2.05, 4.69) is 66.6 Å². The summed E-state index contributed by atoms with van der Waals surface area (Å²) < 4.78 is 11.5. The molecule has 1 aliphatic heterocycles. The quantitative estimate of drug-likeness (QED) is 0.303. The zero-order valence-electron chi connectivity index (χ0n) is 18.8. The maximum absolute atomic E-state index is 6.05. The van der Waals surface area contributed by atoms with Crippen molar-refractivity contribution in [3.63, 3.8) is 0 Å². The maximum Gasteiger partial charge on any atom is 0.191 e. The number of ether oxygens (including phenoxy) is 2. The van der Waals surface area contributed by atoms with Gasteiger partial charge >= 0.3 is 0 Å². The number of nitrogens with one attached hydrogen (secondary N) is 2. The smallest absolute Gasteiger partial charge is 0.191 e. The van der Waals surface area contributed by atoms with Crippen LogP contribution >= 0.6 is 24.0 Å². The molecule has 1 aliphatic rings. The Hall–Kier alpha value is -2.00. The van der Waals surface area contributed by atoms with Gasteiger partial charge in [0.1, 0.15) is 11.9 Å². The lowest BCUT2D eigenvalue weighted by molar-refractivity contribution is 0.122. The minimum absolute atomic E-state index is 0. The van der Waals surface area contributed by atoms with Gasteiger partial charge in [-0.25, -0.2) is 4.99 Å². The van der Waals surface area contributed by atoms with Gasteiger partial charge in [0.05, 0.1) is 26.3 Å². The number of benzene rings is 2. The molecule has 2 aromatic rings. The van der Waals surface area contributed by atoms with Crippen molar-refractivity contribution in [2.75, 3.05) is 44.3 Å². The summed E-state index contributed by atoms with van der Waals surface area (Å²) in [6.45, 7) is 11.8. The number of aryl methyl sites for hydroxylation is 1. The molecule has 2 aromatic carbocycles. The average molecular weight is 538 g/mol. The Morgan fingerprint density at radius 2 is 1.81 bits per heavy atom. The van der Waals surface area contributed by atoms with Crippen LogP contribution in [0.2, 0.25) is 0 Å². The molecule has 6 nitrogen and oxygen atoms in total. The fraction of sp³-hybridized carbons (Fsp3) is 0.458. The van der Waals surface area contributed by atoms with Crippen molar-refractivity contribution in [3.05, 3.63) is 59.7 Å². The van der Waals surface area contributed by atoms with Gasteiger partial charge in [-0.3, -0.25) is 0 Å². The van der Waals surface area contributed by atoms with E-state index < -0.39 is 0 Å². The van der Waals surface area contributed by atoms with E-state index in [0.29, 0.717) is 13.1 Å². The number of nitrogens with zero attached hydrogens (tertiary/aromatic N) is 2. The van der Waals surface area contributed by atoms with Crippen molar-refractivity contribution < 1.29 is 9.47 Å². The number of anilines is 1. The minimum Gasteiger partial charge on any atom is -0.489 e. The third kappa shape index (κ3) is 8.22. The second kappa shape index (κ2) is 13.4. The van der Waals surface area contributed by atoms with E-state index in [1.165, 1.54) is 11.3 Å². The average Bonchev–Trinajstić information content (AvgIpc) is 2.78. The summed E-state index contributed by atoms with van der Waals surface area (Å²) in [6, 6.07) is 16.7. The van der Waals surface area contributed by atoms with Crippen LogP contribution in [0.5, 0.6) is 5.75 Å². The summed E-state index contributed by atoms with van der Waals surface area (Å²) in [6.07, 6.45) is 0.0303. The van der Waals surface area contributed by atoms with Crippen molar-refractivity contribution in [3.8, 4) is 5.75 Å². The van der Waals surface area contributed by atoms with Gasteiger partial charge < -0.3 is 25.0 Å². The summed E-state index contributed by atoms with van der Waals surface area (Å²) in [5.41, 5.74) is 3.58. The highest BCUT2D eigenvalue weighted by molar-refractivity contribution is 14.0. The van der Waals surface area contributed by atoms with Crippen molar-refractivity contribution in [1.82, 2.24) is 10.6 Å². The number of aliphatic imine (C=N–C) groups is 1. The van der Waals surface area contributed by atoms with Gasteiger partial charge in [-0.15, -0.1) is 24.0 Å². The largest absolute Gasteiger partial charge is 0.489 e. The van der Waals surface area contributed by atoms with Crippen LogP contribution < -0.4 is 20.3 Å². The van der Waals surface area contributed by atoms with Crippen LogP contribution in [0.25, 0.3) is 0 Å². The summed E-state index contributed by atoms with van der Waals surface area (Å²) >= 11 is 0. The molecule has 2 N–H and O–H groups in total. The molecule has 0 amide bonds. The van der Waals surface area contributed by atoms with Crippen LogP contribution in [0.3, 0.4) is 0 Å². The second-order valence-corrected chi connectivity index (χ2v) is 7.54. The predicted octanol–water partition coefficient (Wildman–Crippen LogP) is 3.97. The molecule has 0 bridgehead atoms. The molecule has 170 valence electrons. The number of rotatable bonds is 8. The van der Waals surface area contributed by atoms with Gasteiger partial charge in [0.25, 0.3) is 0 Å². The highest BCUT2D eigenvalue weighted by atomic mass is 127. The van der Waals surface area contributed by atoms with Crippen molar-refractivity contribution in [2.45, 2.75) is 33.4 Å². The Kier molecular flexibility index (Phi) is 10.9. The molecule has 1 unspecified atom stereocenters. The molecule has 31 heavy (non-hydrogen) atoms. The number of hydrogen-bond acceptors (Lipinski definition) is 4. The van der Waals surface area contributed by atoms with E-state index in [4.69, 9.17) is 14.5 Å². The monoisotopic (exact) mass is 538 g/mol. The highest BCUT2D eigenvalue weighted by Crippen LogP contribution is 2.18. The molecule has 1 atom stereocenters. The molecule has 1 heterocycles. The van der Waals surface area contributed by atoms with Crippen LogP contribution in [-0.4, -0.2) is 51.5 Å². The molecule has 0 radical (unpaired) electrons. The van der Waals surface area contributed by atoms with Crippen LogP contribution in [0, 0.1) is 6.92 Å². The summed E-state index contributed by atoms with van der Waals surface area (Å²) in [4.78, 5) is 7.09. The SMILES string of the molecule is CCNC(=NCc1ccc(N2CCOCC2)cc1)NCC(C)Oc1ccccc1C.I. The third-order valence-corrected chi connectivity index (χ3v) is 5.06. The Morgan fingerprint density at radius 1 is 1.10 bits per heavy atom. The fourth-order valence-corrected chi connectivity index (χ4v) is 3.33. The first-order valence-corrected chi connectivity index (χ1v) is 10.8. The molecule has 0 aliphatic carbocycles. The molecule has 3 rings (SSSR count). The lowest BCUT2D eigenvalue weighted by atomic mass is 10.2. The Balaban J connectivity index is 0.00000341. The molecule has 7 heteroatoms. The third-order valence-electron chi connectivity index (χ3n) is 5.06. The van der Waals surface area contributed by atoms with E-state index in [-0.39, 0.29) is 30.1 Å². The standard InChI is InChI=1S/C24H34N4O2.HI/c1-4-25-24(26-17-20(3)30-23-8-6-5-7-19(23)2)27-18-21-9-11-22(12-10-21)28-13-15-29-16-14-28;/h5-12,20H,4,13-18H2,1-3H3,(H2,25,26,27);1H. The fourth-order valence-electron chi connectivity index (χ4n) is 3.33. The van der Waals surface area contributed by atoms with E-state index in [0.717, 1.165) is 50.1 Å². The topological polar surface area (TPSA) is 58.1 Å². The number of hydrogen-bond donors (Lipinski definition) is 2. The zero-order valence-corrected chi connectivity index (χ0v) is 21.1. The molecular weight excluding hydrogens is 503 g/mol. The molecule has 1 fully saturated rings. The lowest BCUT2D eigenvalue weighted by Crippen LogP contribution is -2.41. The maximum atomic E-state index is 6.05. The van der Waals surface area contributed by atoms with E-state index in [9.17, 15) is 0 Å². The van der Waals surface area contributed by atoms with E-state index in [1.54, 1.807) is 0 Å². The number of halogens is 1. The van der Waals surface area contributed by atoms with E-state index in [1.807, 2.05) is 18.2 Å². The Bertz CT molecular complexity index is 807. The first kappa shape index (κ1) is 25.3. The predicted molar refractivity (Wildman–Crippen MR) is 139 cm³/mol. The molecular formula is C24H35IN4O2. The van der Waals surface area contributed by atoms with Crippen LogP contribution in [0.1, 0.15) is 25.0 Å². The molecule has 0 aromatic heterocycles. The van der Waals surface area contributed by atoms with Gasteiger partial charge in [0, 0.05) is 25.3 Å². The molecule has 0 spiro atoms. The zero-order chi connectivity index (χ0) is 21.2. The summed E-state index contributed by atoms with van der Waals surface area (Å²) in [7, 11) is 0. The van der Waals surface area contributed by atoms with Crippen molar-refractivity contribution >= 4 is 35.6 Å². The summed E-state index contributed by atoms with van der Waals surface area (Å²) in [5.74, 6) is 1.73. The van der Waals surface area contributed by atoms with E-state index >= 15 is 0 Å². The van der Waals surface area contributed by atoms with Crippen molar-refractivity contribution in [1.29, 1.82) is 0 Å². The first-order valence-electron chi connectivity index (χ1n) is 10.8.